The Labute approximate surface area is 359 Å². The standard InChI is InChI=1S/C48H59F3N6O3Si/c1-28(2)61(29(3)4,30(5)6)19-18-36-39(50)17-14-32-12-11-13-37(40(32)36)42-41(51)43-38(22-52-42)44(55-25-34-15-16-35(26-55)57(34)46(58)60-47(8,9)10)54-45(53-43)59-27-48-20-31(7)23-56(48)24-33(49)21-48/h11-14,17,22,28-30,33-35H,7,15-16,20-21,23-27H2,1-6,8-10H3/t33-,34?,35?,48-/m1/s1. The van der Waals surface area contributed by atoms with Crippen molar-refractivity contribution in [1.29, 1.82) is 0 Å². The number of halogens is 3. The predicted octanol–water partition coefficient (Wildman–Crippen LogP) is 10.4. The average molecular weight is 853 g/mol. The van der Waals surface area contributed by atoms with Crippen molar-refractivity contribution in [3.05, 3.63) is 65.9 Å². The van der Waals surface area contributed by atoms with Crippen molar-refractivity contribution in [2.45, 2.75) is 134 Å². The molecule has 1 amide bonds. The van der Waals surface area contributed by atoms with E-state index in [4.69, 9.17) is 24.4 Å². The van der Waals surface area contributed by atoms with Crippen molar-refractivity contribution < 1.29 is 27.4 Å². The third-order valence-electron chi connectivity index (χ3n) is 13.7. The van der Waals surface area contributed by atoms with E-state index < -0.39 is 37.0 Å². The van der Waals surface area contributed by atoms with Crippen LogP contribution in [0.25, 0.3) is 32.9 Å². The van der Waals surface area contributed by atoms with Crippen LogP contribution in [0.5, 0.6) is 6.01 Å². The van der Waals surface area contributed by atoms with Gasteiger partial charge in [0.05, 0.1) is 28.6 Å². The number of piperazine rings is 1. The molecule has 2 bridgehead atoms. The maximum Gasteiger partial charge on any atom is 0.410 e. The predicted molar refractivity (Wildman–Crippen MR) is 238 cm³/mol. The summed E-state index contributed by atoms with van der Waals surface area (Å²) in [5, 5.41) is 1.58. The number of benzene rings is 2. The minimum atomic E-state index is -2.27. The summed E-state index contributed by atoms with van der Waals surface area (Å²) in [6.45, 7) is 24.9. The molecule has 4 fully saturated rings. The van der Waals surface area contributed by atoms with Crippen LogP contribution in [-0.4, -0.2) is 101 Å². The zero-order valence-electron chi connectivity index (χ0n) is 37.0. The van der Waals surface area contributed by atoms with Crippen LogP contribution < -0.4 is 9.64 Å². The molecule has 0 spiro atoms. The molecule has 324 valence electrons. The van der Waals surface area contributed by atoms with E-state index in [2.05, 4.69) is 69.4 Å². The Morgan fingerprint density at radius 1 is 1.00 bits per heavy atom. The molecule has 61 heavy (non-hydrogen) atoms. The lowest BCUT2D eigenvalue weighted by atomic mass is 9.93. The van der Waals surface area contributed by atoms with E-state index >= 15 is 8.78 Å². The fourth-order valence-electron chi connectivity index (χ4n) is 11.1. The van der Waals surface area contributed by atoms with Gasteiger partial charge < -0.3 is 14.4 Å². The maximum absolute atomic E-state index is 17.6. The van der Waals surface area contributed by atoms with Crippen LogP contribution >= 0.6 is 0 Å². The molecule has 2 aromatic carbocycles. The number of hydrogen-bond acceptors (Lipinski definition) is 8. The summed E-state index contributed by atoms with van der Waals surface area (Å²) in [6, 6.07) is 8.23. The highest BCUT2D eigenvalue weighted by Gasteiger charge is 2.51. The number of alkyl halides is 1. The quantitative estimate of drug-likeness (QED) is 0.0985. The van der Waals surface area contributed by atoms with E-state index in [0.717, 1.165) is 18.4 Å². The lowest BCUT2D eigenvalue weighted by Crippen LogP contribution is -2.57. The van der Waals surface area contributed by atoms with Gasteiger partial charge >= 0.3 is 12.1 Å². The largest absolute Gasteiger partial charge is 0.461 e. The molecule has 2 unspecified atom stereocenters. The SMILES string of the molecule is C=C1CN2C[C@H](F)C[C@@]2(COc2nc(N3CC4CCC(C3)N4C(=O)OC(C)(C)C)c3cnc(-c4cccc5ccc(F)c(C#C[Si](C(C)C)(C(C)C)C(C)C)c45)c(F)c3n2)C1. The maximum atomic E-state index is 17.6. The first-order chi connectivity index (χ1) is 28.8. The Hall–Kier alpha value is -4.67. The highest BCUT2D eigenvalue weighted by molar-refractivity contribution is 6.90. The molecule has 8 rings (SSSR count). The van der Waals surface area contributed by atoms with Crippen LogP contribution in [0.2, 0.25) is 16.6 Å². The summed E-state index contributed by atoms with van der Waals surface area (Å²) in [5.74, 6) is 2.60. The van der Waals surface area contributed by atoms with Gasteiger partial charge in [-0.2, -0.15) is 9.97 Å². The number of pyridine rings is 1. The molecular formula is C48H59F3N6O3Si. The summed E-state index contributed by atoms with van der Waals surface area (Å²) in [5.41, 5.74) is 5.08. The molecule has 0 saturated carbocycles. The van der Waals surface area contributed by atoms with Gasteiger partial charge in [-0.3, -0.25) is 14.8 Å². The average Bonchev–Trinajstić information content (AvgIpc) is 3.75. The van der Waals surface area contributed by atoms with E-state index in [1.54, 1.807) is 18.3 Å². The van der Waals surface area contributed by atoms with Crippen LogP contribution in [0.3, 0.4) is 0 Å². The number of anilines is 1. The molecule has 4 atom stereocenters. The number of carbonyl (C=O) groups excluding carboxylic acids is 1. The van der Waals surface area contributed by atoms with Crippen molar-refractivity contribution in [2.24, 2.45) is 0 Å². The molecule has 0 aliphatic carbocycles. The molecule has 2 aromatic heterocycles. The first-order valence-electron chi connectivity index (χ1n) is 21.9. The fraction of sp³-hybridized carbons (Fsp3) is 0.542. The third-order valence-corrected chi connectivity index (χ3v) is 20.0. The van der Waals surface area contributed by atoms with Gasteiger partial charge in [-0.25, -0.2) is 18.0 Å². The minimum absolute atomic E-state index is 0.00113. The number of amides is 1. The molecule has 0 radical (unpaired) electrons. The zero-order chi connectivity index (χ0) is 43.8. The molecule has 4 aliphatic rings. The van der Waals surface area contributed by atoms with Crippen molar-refractivity contribution in [3.8, 4) is 28.7 Å². The Bertz CT molecular complexity index is 2420. The van der Waals surface area contributed by atoms with Gasteiger partial charge in [0.25, 0.3) is 0 Å². The van der Waals surface area contributed by atoms with E-state index in [0.29, 0.717) is 83.2 Å². The highest BCUT2D eigenvalue weighted by Crippen LogP contribution is 2.44. The van der Waals surface area contributed by atoms with Gasteiger partial charge in [0.1, 0.15) is 49.3 Å². The number of hydrogen-bond donors (Lipinski definition) is 0. The second kappa shape index (κ2) is 15.9. The number of aromatic nitrogens is 3. The van der Waals surface area contributed by atoms with Crippen LogP contribution in [-0.2, 0) is 4.74 Å². The lowest BCUT2D eigenvalue weighted by molar-refractivity contribution is 0.0122. The molecule has 0 N–H and O–H groups in total. The fourth-order valence-corrected chi connectivity index (χ4v) is 16.3. The van der Waals surface area contributed by atoms with Gasteiger partial charge in [0.15, 0.2) is 5.82 Å². The van der Waals surface area contributed by atoms with Crippen molar-refractivity contribution in [2.75, 3.05) is 37.7 Å². The summed E-state index contributed by atoms with van der Waals surface area (Å²) in [4.78, 5) is 33.8. The Balaban J connectivity index is 1.25. The summed E-state index contributed by atoms with van der Waals surface area (Å²) >= 11 is 0. The molecule has 4 aromatic rings. The minimum Gasteiger partial charge on any atom is -0.461 e. The summed E-state index contributed by atoms with van der Waals surface area (Å²) in [6.07, 6.45) is 2.70. The Kier molecular flexibility index (Phi) is 11.2. The first kappa shape index (κ1) is 43.0. The molecule has 6 heterocycles. The zero-order valence-corrected chi connectivity index (χ0v) is 38.0. The number of ether oxygens (including phenoxy) is 2. The third kappa shape index (κ3) is 7.66. The van der Waals surface area contributed by atoms with E-state index in [1.807, 2.05) is 37.8 Å². The lowest BCUT2D eigenvalue weighted by Gasteiger charge is -2.42. The smallest absolute Gasteiger partial charge is 0.410 e. The van der Waals surface area contributed by atoms with E-state index in [1.165, 1.54) is 6.07 Å². The first-order valence-corrected chi connectivity index (χ1v) is 24.1. The topological polar surface area (TPSA) is 83.9 Å². The number of rotatable bonds is 8. The van der Waals surface area contributed by atoms with Gasteiger partial charge in [-0.15, -0.1) is 5.54 Å². The van der Waals surface area contributed by atoms with Crippen LogP contribution in [0, 0.1) is 23.1 Å². The Morgan fingerprint density at radius 2 is 1.69 bits per heavy atom. The van der Waals surface area contributed by atoms with Crippen LogP contribution in [0.1, 0.15) is 93.6 Å². The second-order valence-electron chi connectivity index (χ2n) is 19.8. The number of fused-ring (bicyclic) bond motifs is 5. The van der Waals surface area contributed by atoms with Gasteiger partial charge in [-0.05, 0) is 68.1 Å². The van der Waals surface area contributed by atoms with Crippen molar-refractivity contribution in [3.63, 3.8) is 0 Å². The summed E-state index contributed by atoms with van der Waals surface area (Å²) in [7, 11) is -2.27. The molecule has 9 nitrogen and oxygen atoms in total. The molecular weight excluding hydrogens is 794 g/mol. The Morgan fingerprint density at radius 3 is 2.34 bits per heavy atom. The molecule has 4 aliphatic heterocycles. The highest BCUT2D eigenvalue weighted by atomic mass is 28.3. The van der Waals surface area contributed by atoms with Gasteiger partial charge in [0.2, 0.25) is 0 Å². The van der Waals surface area contributed by atoms with Gasteiger partial charge in [-0.1, -0.05) is 83.9 Å². The molecule has 4 saturated heterocycles. The number of carbonyl (C=O) groups is 1. The second-order valence-corrected chi connectivity index (χ2v) is 25.4. The van der Waals surface area contributed by atoms with Crippen molar-refractivity contribution in [1.82, 2.24) is 24.8 Å². The van der Waals surface area contributed by atoms with E-state index in [-0.39, 0.29) is 47.6 Å². The monoisotopic (exact) mass is 852 g/mol. The molecule has 13 heteroatoms. The van der Waals surface area contributed by atoms with Crippen molar-refractivity contribution >= 4 is 41.7 Å². The van der Waals surface area contributed by atoms with Crippen LogP contribution in [0.4, 0.5) is 23.8 Å². The van der Waals surface area contributed by atoms with Crippen LogP contribution in [0.15, 0.2) is 48.7 Å². The van der Waals surface area contributed by atoms with E-state index in [9.17, 15) is 9.18 Å². The normalized spacial score (nSPS) is 23.1. The number of nitrogens with zero attached hydrogens (tertiary/aromatic N) is 6. The van der Waals surface area contributed by atoms with Gasteiger partial charge in [0, 0.05) is 49.7 Å². The summed E-state index contributed by atoms with van der Waals surface area (Å²) < 4.78 is 60.8.